The lowest BCUT2D eigenvalue weighted by atomic mass is 10.1. The van der Waals surface area contributed by atoms with Crippen molar-refractivity contribution in [2.45, 2.75) is 11.3 Å². The summed E-state index contributed by atoms with van der Waals surface area (Å²) < 4.78 is 50.4. The number of pyridine rings is 1. The van der Waals surface area contributed by atoms with Gasteiger partial charge in [0.2, 0.25) is 5.91 Å². The van der Waals surface area contributed by atoms with Gasteiger partial charge in [-0.15, -0.1) is 0 Å². The van der Waals surface area contributed by atoms with Crippen LogP contribution in [0.15, 0.2) is 90.1 Å². The molecule has 0 bridgehead atoms. The Morgan fingerprint density at radius 1 is 0.756 bits per heavy atom. The smallest absolute Gasteiger partial charge is 0.265 e. The molecule has 1 aromatic heterocycles. The van der Waals surface area contributed by atoms with Gasteiger partial charge in [-0.25, -0.2) is 8.42 Å². The van der Waals surface area contributed by atoms with E-state index in [-0.39, 0.29) is 22.1 Å². The van der Waals surface area contributed by atoms with Gasteiger partial charge in [-0.05, 0) is 66.1 Å². The average Bonchev–Trinajstić information content (AvgIpc) is 3.00. The zero-order valence-corrected chi connectivity index (χ0v) is 24.0. The SMILES string of the molecule is COc1ccc(OC)c(N(CC(=O)Nc2ccc(Cc3ccncc3)cc2)S(=O)(=O)c2ccc(OC)c(OC)c2)c1. The summed E-state index contributed by atoms with van der Waals surface area (Å²) in [6, 6.07) is 20.1. The van der Waals surface area contributed by atoms with Crippen LogP contribution in [-0.4, -0.2) is 54.3 Å². The largest absolute Gasteiger partial charge is 0.497 e. The minimum absolute atomic E-state index is 0.103. The van der Waals surface area contributed by atoms with Gasteiger partial charge in [0.1, 0.15) is 18.0 Å². The maximum atomic E-state index is 14.0. The molecule has 4 aromatic rings. The van der Waals surface area contributed by atoms with E-state index in [2.05, 4.69) is 10.3 Å². The van der Waals surface area contributed by atoms with Gasteiger partial charge in [0.05, 0.1) is 39.0 Å². The Hall–Kier alpha value is -4.77. The molecule has 41 heavy (non-hydrogen) atoms. The lowest BCUT2D eigenvalue weighted by Crippen LogP contribution is -2.38. The van der Waals surface area contributed by atoms with Crippen molar-refractivity contribution in [1.82, 2.24) is 4.98 Å². The predicted molar refractivity (Wildman–Crippen MR) is 156 cm³/mol. The molecule has 1 N–H and O–H groups in total. The van der Waals surface area contributed by atoms with Gasteiger partial charge >= 0.3 is 0 Å². The van der Waals surface area contributed by atoms with Gasteiger partial charge in [-0.1, -0.05) is 12.1 Å². The first kappa shape index (κ1) is 29.2. The Bertz CT molecular complexity index is 1590. The summed E-state index contributed by atoms with van der Waals surface area (Å²) in [5.74, 6) is 0.659. The van der Waals surface area contributed by atoms with E-state index in [1.54, 1.807) is 36.7 Å². The Labute approximate surface area is 239 Å². The Balaban J connectivity index is 1.65. The number of benzene rings is 3. The summed E-state index contributed by atoms with van der Waals surface area (Å²) in [5, 5.41) is 2.79. The fourth-order valence-electron chi connectivity index (χ4n) is 4.17. The fraction of sp³-hybridized carbons (Fsp3) is 0.200. The van der Waals surface area contributed by atoms with E-state index in [9.17, 15) is 13.2 Å². The topological polar surface area (TPSA) is 116 Å². The molecule has 214 valence electrons. The third kappa shape index (κ3) is 6.87. The van der Waals surface area contributed by atoms with Crippen LogP contribution in [0.25, 0.3) is 0 Å². The van der Waals surface area contributed by atoms with Crippen molar-refractivity contribution in [3.8, 4) is 23.0 Å². The maximum Gasteiger partial charge on any atom is 0.265 e. The normalized spacial score (nSPS) is 10.9. The molecule has 0 aliphatic heterocycles. The van der Waals surface area contributed by atoms with Crippen molar-refractivity contribution in [2.24, 2.45) is 0 Å². The van der Waals surface area contributed by atoms with E-state index < -0.39 is 22.5 Å². The average molecular weight is 578 g/mol. The van der Waals surface area contributed by atoms with E-state index in [1.807, 2.05) is 24.3 Å². The maximum absolute atomic E-state index is 14.0. The molecule has 0 unspecified atom stereocenters. The highest BCUT2D eigenvalue weighted by Gasteiger charge is 2.31. The highest BCUT2D eigenvalue weighted by atomic mass is 32.2. The van der Waals surface area contributed by atoms with E-state index in [0.29, 0.717) is 23.6 Å². The molecule has 3 aromatic carbocycles. The minimum Gasteiger partial charge on any atom is -0.497 e. The molecule has 11 heteroatoms. The van der Waals surface area contributed by atoms with Crippen LogP contribution in [0.2, 0.25) is 0 Å². The lowest BCUT2D eigenvalue weighted by molar-refractivity contribution is -0.114. The van der Waals surface area contributed by atoms with Gasteiger partial charge in [-0.2, -0.15) is 0 Å². The summed E-state index contributed by atoms with van der Waals surface area (Å²) in [6.07, 6.45) is 4.19. The number of anilines is 2. The number of nitrogens with zero attached hydrogens (tertiary/aromatic N) is 2. The number of methoxy groups -OCH3 is 4. The van der Waals surface area contributed by atoms with E-state index in [1.165, 1.54) is 52.7 Å². The molecule has 0 saturated carbocycles. The number of ether oxygens (including phenoxy) is 4. The van der Waals surface area contributed by atoms with Crippen molar-refractivity contribution >= 4 is 27.3 Å². The number of carbonyl (C=O) groups is 1. The zero-order valence-electron chi connectivity index (χ0n) is 23.2. The number of nitrogens with one attached hydrogen (secondary N) is 1. The Morgan fingerprint density at radius 2 is 1.39 bits per heavy atom. The number of hydrogen-bond donors (Lipinski definition) is 1. The van der Waals surface area contributed by atoms with Gasteiger partial charge in [0, 0.05) is 30.2 Å². The van der Waals surface area contributed by atoms with Crippen molar-refractivity contribution in [2.75, 3.05) is 44.6 Å². The van der Waals surface area contributed by atoms with Crippen LogP contribution in [0, 0.1) is 0 Å². The molecule has 0 saturated heterocycles. The standard InChI is InChI=1S/C30H31N3O7S/c1-37-24-9-11-27(38-2)26(18-24)33(41(35,36)25-10-12-28(39-3)29(19-25)40-4)20-30(34)32-23-7-5-21(6-8-23)17-22-13-15-31-16-14-22/h5-16,18-19H,17,20H2,1-4H3,(H,32,34). The van der Waals surface area contributed by atoms with Gasteiger partial charge in [-0.3, -0.25) is 14.1 Å². The molecule has 0 fully saturated rings. The summed E-state index contributed by atoms with van der Waals surface area (Å²) in [5.41, 5.74) is 2.81. The van der Waals surface area contributed by atoms with Crippen LogP contribution < -0.4 is 28.6 Å². The molecule has 0 aliphatic carbocycles. The van der Waals surface area contributed by atoms with Crippen LogP contribution >= 0.6 is 0 Å². The monoisotopic (exact) mass is 577 g/mol. The first-order valence-electron chi connectivity index (χ1n) is 12.5. The summed E-state index contributed by atoms with van der Waals surface area (Å²) in [6.45, 7) is -0.543. The summed E-state index contributed by atoms with van der Waals surface area (Å²) in [4.78, 5) is 17.2. The molecule has 0 atom stereocenters. The highest BCUT2D eigenvalue weighted by molar-refractivity contribution is 7.92. The number of aromatic nitrogens is 1. The Morgan fingerprint density at radius 3 is 2.02 bits per heavy atom. The lowest BCUT2D eigenvalue weighted by Gasteiger charge is -2.26. The molecule has 4 rings (SSSR count). The third-order valence-corrected chi connectivity index (χ3v) is 8.04. The van der Waals surface area contributed by atoms with Gasteiger partial charge in [0.15, 0.2) is 11.5 Å². The van der Waals surface area contributed by atoms with Crippen molar-refractivity contribution in [1.29, 1.82) is 0 Å². The van der Waals surface area contributed by atoms with Crippen molar-refractivity contribution in [3.05, 3.63) is 96.3 Å². The Kier molecular flexibility index (Phi) is 9.30. The second-order valence-electron chi connectivity index (χ2n) is 8.84. The number of rotatable bonds is 12. The van der Waals surface area contributed by atoms with Crippen molar-refractivity contribution in [3.63, 3.8) is 0 Å². The zero-order chi connectivity index (χ0) is 29.4. The van der Waals surface area contributed by atoms with Crippen LogP contribution in [0.3, 0.4) is 0 Å². The van der Waals surface area contributed by atoms with E-state index in [4.69, 9.17) is 18.9 Å². The molecule has 1 amide bonds. The molecule has 0 spiro atoms. The quantitative estimate of drug-likeness (QED) is 0.261. The molecular weight excluding hydrogens is 546 g/mol. The van der Waals surface area contributed by atoms with Gasteiger partial charge in [0.25, 0.3) is 10.0 Å². The highest BCUT2D eigenvalue weighted by Crippen LogP contribution is 2.37. The van der Waals surface area contributed by atoms with Crippen LogP contribution in [-0.2, 0) is 21.2 Å². The first-order chi connectivity index (χ1) is 19.8. The first-order valence-corrected chi connectivity index (χ1v) is 14.0. The number of sulfonamides is 1. The summed E-state index contributed by atoms with van der Waals surface area (Å²) >= 11 is 0. The molecule has 0 aliphatic rings. The molecule has 1 heterocycles. The van der Waals surface area contributed by atoms with E-state index >= 15 is 0 Å². The number of amides is 1. The molecule has 10 nitrogen and oxygen atoms in total. The van der Waals surface area contributed by atoms with E-state index in [0.717, 1.165) is 15.4 Å². The second-order valence-corrected chi connectivity index (χ2v) is 10.7. The third-order valence-electron chi connectivity index (χ3n) is 6.28. The number of carbonyl (C=O) groups excluding carboxylic acids is 1. The number of hydrogen-bond acceptors (Lipinski definition) is 8. The minimum atomic E-state index is -4.30. The van der Waals surface area contributed by atoms with Crippen LogP contribution in [0.5, 0.6) is 23.0 Å². The second kappa shape index (κ2) is 13.1. The van der Waals surface area contributed by atoms with Crippen LogP contribution in [0.1, 0.15) is 11.1 Å². The fourth-order valence-corrected chi connectivity index (χ4v) is 5.61. The predicted octanol–water partition coefficient (Wildman–Crippen LogP) is 4.54. The molecular formula is C30H31N3O7S. The van der Waals surface area contributed by atoms with Crippen LogP contribution in [0.4, 0.5) is 11.4 Å². The summed E-state index contributed by atoms with van der Waals surface area (Å²) in [7, 11) is 1.44. The van der Waals surface area contributed by atoms with Gasteiger partial charge < -0.3 is 24.3 Å². The van der Waals surface area contributed by atoms with Crippen molar-refractivity contribution < 1.29 is 32.2 Å². The molecule has 0 radical (unpaired) electrons.